The van der Waals surface area contributed by atoms with E-state index in [0.717, 1.165) is 31.1 Å². The van der Waals surface area contributed by atoms with Crippen LogP contribution in [0.25, 0.3) is 0 Å². The lowest BCUT2D eigenvalue weighted by molar-refractivity contribution is -0.105. The third-order valence-electron chi connectivity index (χ3n) is 4.14. The number of nitrogens with one attached hydrogen (secondary N) is 1. The molecule has 1 nitrogen and oxygen atoms in total. The molecule has 118 valence electrons. The number of rotatable bonds is 6. The van der Waals surface area contributed by atoms with Crippen molar-refractivity contribution in [3.63, 3.8) is 0 Å². The van der Waals surface area contributed by atoms with Crippen LogP contribution in [0.15, 0.2) is 29.2 Å². The van der Waals surface area contributed by atoms with Gasteiger partial charge in [-0.1, -0.05) is 26.0 Å². The summed E-state index contributed by atoms with van der Waals surface area (Å²) >= 11 is 0.848. The van der Waals surface area contributed by atoms with Crippen LogP contribution in [0.1, 0.15) is 38.2 Å². The smallest absolute Gasteiger partial charge is 0.314 e. The van der Waals surface area contributed by atoms with Crippen molar-refractivity contribution < 1.29 is 13.2 Å². The van der Waals surface area contributed by atoms with E-state index in [9.17, 15) is 13.2 Å². The van der Waals surface area contributed by atoms with Crippen molar-refractivity contribution in [2.45, 2.75) is 49.7 Å². The number of hydrogen-bond donors (Lipinski definition) is 1. The van der Waals surface area contributed by atoms with Crippen molar-refractivity contribution in [2.75, 3.05) is 12.3 Å². The molecule has 3 atom stereocenters. The van der Waals surface area contributed by atoms with Gasteiger partial charge in [0.2, 0.25) is 0 Å². The van der Waals surface area contributed by atoms with Crippen LogP contribution < -0.4 is 5.32 Å². The topological polar surface area (TPSA) is 12.0 Å². The summed E-state index contributed by atoms with van der Waals surface area (Å²) in [7, 11) is 0. The number of hydrogen-bond acceptors (Lipinski definition) is 2. The van der Waals surface area contributed by atoms with E-state index in [1.807, 2.05) is 24.3 Å². The van der Waals surface area contributed by atoms with Gasteiger partial charge in [-0.2, -0.15) is 13.2 Å². The molecule has 1 saturated carbocycles. The molecule has 1 aliphatic carbocycles. The minimum absolute atomic E-state index is 0.529. The largest absolute Gasteiger partial charge is 0.398 e. The summed E-state index contributed by atoms with van der Waals surface area (Å²) in [4.78, 5) is 0.684. The first-order valence-electron chi connectivity index (χ1n) is 7.43. The molecule has 0 saturated heterocycles. The fraction of sp³-hybridized carbons (Fsp3) is 0.625. The average molecular weight is 317 g/mol. The van der Waals surface area contributed by atoms with Gasteiger partial charge in [0.15, 0.2) is 0 Å². The van der Waals surface area contributed by atoms with Crippen molar-refractivity contribution >= 4 is 11.8 Å². The van der Waals surface area contributed by atoms with Crippen LogP contribution in [0, 0.1) is 5.92 Å². The molecule has 0 bridgehead atoms. The van der Waals surface area contributed by atoms with Crippen molar-refractivity contribution in [3.8, 4) is 0 Å². The van der Waals surface area contributed by atoms with Crippen LogP contribution in [0.4, 0.5) is 13.2 Å². The maximum absolute atomic E-state index is 12.2. The fourth-order valence-corrected chi connectivity index (χ4v) is 3.46. The Kier molecular flexibility index (Phi) is 5.60. The van der Waals surface area contributed by atoms with Gasteiger partial charge in [0, 0.05) is 10.9 Å². The molecule has 0 heterocycles. The van der Waals surface area contributed by atoms with E-state index < -0.39 is 11.9 Å². The lowest BCUT2D eigenvalue weighted by Gasteiger charge is -2.44. The Morgan fingerprint density at radius 3 is 2.43 bits per heavy atom. The van der Waals surface area contributed by atoms with Gasteiger partial charge in [-0.3, -0.25) is 0 Å². The standard InChI is InChI=1S/C16H22F3NS/c1-3-8-20-15-9-14(11(15)2)12-4-6-13(7-5-12)21-10-16(17,18)19/h4-7,11,14-15,20H,3,8-10H2,1-2H3. The van der Waals surface area contributed by atoms with Crippen molar-refractivity contribution in [1.82, 2.24) is 5.32 Å². The van der Waals surface area contributed by atoms with Gasteiger partial charge in [0.1, 0.15) is 0 Å². The highest BCUT2D eigenvalue weighted by molar-refractivity contribution is 7.99. The highest BCUT2D eigenvalue weighted by Gasteiger charge is 2.37. The quantitative estimate of drug-likeness (QED) is 0.754. The molecular weight excluding hydrogens is 295 g/mol. The van der Waals surface area contributed by atoms with E-state index in [1.165, 1.54) is 5.56 Å². The van der Waals surface area contributed by atoms with E-state index in [-0.39, 0.29) is 0 Å². The zero-order chi connectivity index (χ0) is 15.5. The minimum Gasteiger partial charge on any atom is -0.314 e. The van der Waals surface area contributed by atoms with Gasteiger partial charge in [-0.15, -0.1) is 11.8 Å². The summed E-state index contributed by atoms with van der Waals surface area (Å²) in [5.74, 6) is 0.293. The normalized spacial score (nSPS) is 25.7. The Morgan fingerprint density at radius 2 is 1.90 bits per heavy atom. The van der Waals surface area contributed by atoms with Gasteiger partial charge in [0.05, 0.1) is 5.75 Å². The molecular formula is C16H22F3NS. The molecule has 1 fully saturated rings. The third kappa shape index (κ3) is 4.65. The van der Waals surface area contributed by atoms with Crippen LogP contribution in [-0.2, 0) is 0 Å². The molecule has 0 aliphatic heterocycles. The molecule has 3 unspecified atom stereocenters. The van der Waals surface area contributed by atoms with E-state index in [0.29, 0.717) is 22.8 Å². The molecule has 21 heavy (non-hydrogen) atoms. The maximum Gasteiger partial charge on any atom is 0.398 e. The summed E-state index contributed by atoms with van der Waals surface area (Å²) < 4.78 is 36.5. The molecule has 1 aromatic carbocycles. The summed E-state index contributed by atoms with van der Waals surface area (Å²) in [6.07, 6.45) is -1.85. The maximum atomic E-state index is 12.2. The van der Waals surface area contributed by atoms with E-state index in [4.69, 9.17) is 0 Å². The summed E-state index contributed by atoms with van der Waals surface area (Å²) in [6.45, 7) is 5.45. The second kappa shape index (κ2) is 7.05. The van der Waals surface area contributed by atoms with Gasteiger partial charge in [-0.25, -0.2) is 0 Å². The molecule has 5 heteroatoms. The molecule has 1 aliphatic rings. The first-order valence-corrected chi connectivity index (χ1v) is 8.42. The number of thioether (sulfide) groups is 1. The lowest BCUT2D eigenvalue weighted by Crippen LogP contribution is -2.48. The highest BCUT2D eigenvalue weighted by Crippen LogP contribution is 2.42. The van der Waals surface area contributed by atoms with Crippen LogP contribution in [0.2, 0.25) is 0 Å². The first kappa shape index (κ1) is 16.7. The molecule has 0 aromatic heterocycles. The zero-order valence-corrected chi connectivity index (χ0v) is 13.2. The third-order valence-corrected chi connectivity index (χ3v) is 5.22. The number of benzene rings is 1. The second-order valence-electron chi connectivity index (χ2n) is 5.73. The predicted octanol–water partition coefficient (Wildman–Crippen LogP) is 4.83. The zero-order valence-electron chi connectivity index (χ0n) is 12.4. The SMILES string of the molecule is CCCNC1CC(c2ccc(SCC(F)(F)F)cc2)C1C. The first-order chi connectivity index (χ1) is 9.90. The Morgan fingerprint density at radius 1 is 1.24 bits per heavy atom. The van der Waals surface area contributed by atoms with Gasteiger partial charge < -0.3 is 5.32 Å². The predicted molar refractivity (Wildman–Crippen MR) is 81.8 cm³/mol. The van der Waals surface area contributed by atoms with E-state index >= 15 is 0 Å². The Balaban J connectivity index is 1.86. The molecule has 1 aromatic rings. The second-order valence-corrected chi connectivity index (χ2v) is 6.78. The molecule has 0 amide bonds. The summed E-state index contributed by atoms with van der Waals surface area (Å²) in [5, 5.41) is 3.54. The number of alkyl halides is 3. The van der Waals surface area contributed by atoms with E-state index in [2.05, 4.69) is 19.2 Å². The lowest BCUT2D eigenvalue weighted by atomic mass is 9.67. The summed E-state index contributed by atoms with van der Waals surface area (Å²) in [6, 6.07) is 8.16. The average Bonchev–Trinajstić information content (AvgIpc) is 2.44. The number of halogens is 3. The fourth-order valence-electron chi connectivity index (χ4n) is 2.80. The Labute approximate surface area is 128 Å². The Bertz CT molecular complexity index is 444. The van der Waals surface area contributed by atoms with Crippen molar-refractivity contribution in [3.05, 3.63) is 29.8 Å². The van der Waals surface area contributed by atoms with Crippen LogP contribution in [0.3, 0.4) is 0 Å². The van der Waals surface area contributed by atoms with Gasteiger partial charge >= 0.3 is 6.18 Å². The van der Waals surface area contributed by atoms with Crippen molar-refractivity contribution in [1.29, 1.82) is 0 Å². The minimum atomic E-state index is -4.11. The molecule has 2 rings (SSSR count). The summed E-state index contributed by atoms with van der Waals surface area (Å²) in [5.41, 5.74) is 1.24. The van der Waals surface area contributed by atoms with Crippen LogP contribution >= 0.6 is 11.8 Å². The van der Waals surface area contributed by atoms with Crippen LogP contribution in [0.5, 0.6) is 0 Å². The monoisotopic (exact) mass is 317 g/mol. The van der Waals surface area contributed by atoms with Gasteiger partial charge in [-0.05, 0) is 48.9 Å². The Hall–Kier alpha value is -0.680. The van der Waals surface area contributed by atoms with Gasteiger partial charge in [0.25, 0.3) is 0 Å². The van der Waals surface area contributed by atoms with Crippen LogP contribution in [-0.4, -0.2) is 24.5 Å². The molecule has 0 radical (unpaired) electrons. The highest BCUT2D eigenvalue weighted by atomic mass is 32.2. The molecule has 0 spiro atoms. The van der Waals surface area contributed by atoms with Crippen molar-refractivity contribution in [2.24, 2.45) is 5.92 Å². The molecule has 1 N–H and O–H groups in total. The van der Waals surface area contributed by atoms with E-state index in [1.54, 1.807) is 0 Å².